The summed E-state index contributed by atoms with van der Waals surface area (Å²) in [7, 11) is 0. The molecule has 2 aromatic rings. The Morgan fingerprint density at radius 2 is 2.05 bits per heavy atom. The SMILES string of the molecule is Cc1cc(C(=O)N2CCCCC2C(C)C)c2ccccc2n1. The van der Waals surface area contributed by atoms with Crippen LogP contribution >= 0.6 is 0 Å². The summed E-state index contributed by atoms with van der Waals surface area (Å²) >= 11 is 0. The van der Waals surface area contributed by atoms with Crippen molar-refractivity contribution < 1.29 is 4.79 Å². The van der Waals surface area contributed by atoms with Crippen LogP contribution in [0.4, 0.5) is 0 Å². The van der Waals surface area contributed by atoms with Gasteiger partial charge in [0.25, 0.3) is 5.91 Å². The van der Waals surface area contributed by atoms with Gasteiger partial charge < -0.3 is 4.90 Å². The number of hydrogen-bond donors (Lipinski definition) is 0. The lowest BCUT2D eigenvalue weighted by Crippen LogP contribution is -2.46. The van der Waals surface area contributed by atoms with E-state index in [0.29, 0.717) is 12.0 Å². The first-order chi connectivity index (χ1) is 10.6. The summed E-state index contributed by atoms with van der Waals surface area (Å²) in [6.07, 6.45) is 3.45. The molecule has 1 amide bonds. The number of carbonyl (C=O) groups excluding carboxylic acids is 1. The summed E-state index contributed by atoms with van der Waals surface area (Å²) in [5.74, 6) is 0.665. The van der Waals surface area contributed by atoms with Crippen LogP contribution in [0, 0.1) is 12.8 Å². The van der Waals surface area contributed by atoms with Gasteiger partial charge in [0, 0.05) is 23.7 Å². The fourth-order valence-electron chi connectivity index (χ4n) is 3.54. The number of benzene rings is 1. The Morgan fingerprint density at radius 1 is 1.27 bits per heavy atom. The van der Waals surface area contributed by atoms with Crippen LogP contribution in [0.3, 0.4) is 0 Å². The summed E-state index contributed by atoms with van der Waals surface area (Å²) < 4.78 is 0. The van der Waals surface area contributed by atoms with Crippen molar-refractivity contribution >= 4 is 16.8 Å². The molecule has 0 saturated carbocycles. The summed E-state index contributed by atoms with van der Waals surface area (Å²) in [6.45, 7) is 7.26. The highest BCUT2D eigenvalue weighted by Crippen LogP contribution is 2.27. The van der Waals surface area contributed by atoms with Crippen LogP contribution < -0.4 is 0 Å². The van der Waals surface area contributed by atoms with Crippen LogP contribution in [0.1, 0.15) is 49.2 Å². The fourth-order valence-corrected chi connectivity index (χ4v) is 3.54. The van der Waals surface area contributed by atoms with E-state index in [0.717, 1.165) is 41.5 Å². The number of likely N-dealkylation sites (tertiary alicyclic amines) is 1. The number of amides is 1. The molecule has 0 bridgehead atoms. The maximum atomic E-state index is 13.2. The Balaban J connectivity index is 2.04. The summed E-state index contributed by atoms with van der Waals surface area (Å²) in [5.41, 5.74) is 2.61. The van der Waals surface area contributed by atoms with Crippen LogP contribution in [-0.4, -0.2) is 28.4 Å². The smallest absolute Gasteiger partial charge is 0.254 e. The second-order valence-electron chi connectivity index (χ2n) is 6.63. The third kappa shape index (κ3) is 2.72. The van der Waals surface area contributed by atoms with Gasteiger partial charge in [0.1, 0.15) is 0 Å². The van der Waals surface area contributed by atoms with E-state index in [9.17, 15) is 4.79 Å². The third-order valence-electron chi connectivity index (χ3n) is 4.65. The lowest BCUT2D eigenvalue weighted by atomic mass is 9.91. The van der Waals surface area contributed by atoms with E-state index in [1.165, 1.54) is 6.42 Å². The van der Waals surface area contributed by atoms with Crippen molar-refractivity contribution in [3.8, 4) is 0 Å². The molecule has 3 nitrogen and oxygen atoms in total. The first-order valence-corrected chi connectivity index (χ1v) is 8.25. The number of hydrogen-bond acceptors (Lipinski definition) is 2. The Labute approximate surface area is 132 Å². The number of para-hydroxylation sites is 1. The van der Waals surface area contributed by atoms with Crippen LogP contribution in [0.2, 0.25) is 0 Å². The Morgan fingerprint density at radius 3 is 2.82 bits per heavy atom. The van der Waals surface area contributed by atoms with Gasteiger partial charge in [0.15, 0.2) is 0 Å². The molecule has 1 aromatic carbocycles. The molecule has 1 saturated heterocycles. The van der Waals surface area contributed by atoms with Crippen molar-refractivity contribution in [3.63, 3.8) is 0 Å². The number of rotatable bonds is 2. The normalized spacial score (nSPS) is 18.9. The van der Waals surface area contributed by atoms with Crippen molar-refractivity contribution in [2.45, 2.75) is 46.1 Å². The first-order valence-electron chi connectivity index (χ1n) is 8.25. The molecule has 1 unspecified atom stereocenters. The highest BCUT2D eigenvalue weighted by Gasteiger charge is 2.30. The molecule has 2 heterocycles. The molecule has 1 aliphatic heterocycles. The van der Waals surface area contributed by atoms with Gasteiger partial charge in [0.05, 0.1) is 11.1 Å². The van der Waals surface area contributed by atoms with Crippen molar-refractivity contribution in [3.05, 3.63) is 41.6 Å². The average molecular weight is 296 g/mol. The van der Waals surface area contributed by atoms with E-state index in [-0.39, 0.29) is 5.91 Å². The zero-order valence-corrected chi connectivity index (χ0v) is 13.7. The Bertz CT molecular complexity index is 693. The number of aromatic nitrogens is 1. The minimum atomic E-state index is 0.167. The van der Waals surface area contributed by atoms with Gasteiger partial charge in [0.2, 0.25) is 0 Å². The van der Waals surface area contributed by atoms with E-state index in [2.05, 4.69) is 23.7 Å². The molecule has 1 aromatic heterocycles. The predicted octanol–water partition coefficient (Wildman–Crippen LogP) is 4.19. The minimum absolute atomic E-state index is 0.167. The molecule has 0 N–H and O–H groups in total. The van der Waals surface area contributed by atoms with E-state index in [1.807, 2.05) is 37.3 Å². The molecule has 1 atom stereocenters. The van der Waals surface area contributed by atoms with Crippen molar-refractivity contribution in [2.75, 3.05) is 6.54 Å². The maximum absolute atomic E-state index is 13.2. The summed E-state index contributed by atoms with van der Waals surface area (Å²) in [6, 6.07) is 10.2. The van der Waals surface area contributed by atoms with Gasteiger partial charge in [-0.25, -0.2) is 0 Å². The molecule has 3 rings (SSSR count). The molecule has 3 heteroatoms. The zero-order valence-electron chi connectivity index (χ0n) is 13.7. The number of carbonyl (C=O) groups is 1. The van der Waals surface area contributed by atoms with Crippen LogP contribution in [0.15, 0.2) is 30.3 Å². The number of piperidine rings is 1. The van der Waals surface area contributed by atoms with Gasteiger partial charge in [-0.3, -0.25) is 9.78 Å². The monoisotopic (exact) mass is 296 g/mol. The van der Waals surface area contributed by atoms with Gasteiger partial charge in [-0.05, 0) is 44.2 Å². The number of fused-ring (bicyclic) bond motifs is 1. The Kier molecular flexibility index (Phi) is 4.14. The molecule has 0 spiro atoms. The van der Waals surface area contributed by atoms with Crippen molar-refractivity contribution in [1.82, 2.24) is 9.88 Å². The fraction of sp³-hybridized carbons (Fsp3) is 0.474. The van der Waals surface area contributed by atoms with Crippen molar-refractivity contribution in [2.24, 2.45) is 5.92 Å². The minimum Gasteiger partial charge on any atom is -0.335 e. The van der Waals surface area contributed by atoms with E-state index < -0.39 is 0 Å². The molecule has 1 aliphatic rings. The van der Waals surface area contributed by atoms with Crippen molar-refractivity contribution in [1.29, 1.82) is 0 Å². The van der Waals surface area contributed by atoms with Gasteiger partial charge in [-0.1, -0.05) is 32.0 Å². The van der Waals surface area contributed by atoms with Gasteiger partial charge >= 0.3 is 0 Å². The highest BCUT2D eigenvalue weighted by molar-refractivity contribution is 6.06. The number of aryl methyl sites for hydroxylation is 1. The van der Waals surface area contributed by atoms with Gasteiger partial charge in [-0.15, -0.1) is 0 Å². The largest absolute Gasteiger partial charge is 0.335 e. The number of pyridine rings is 1. The van der Waals surface area contributed by atoms with E-state index in [1.54, 1.807) is 0 Å². The number of nitrogens with zero attached hydrogens (tertiary/aromatic N) is 2. The van der Waals surface area contributed by atoms with E-state index in [4.69, 9.17) is 0 Å². The summed E-state index contributed by atoms with van der Waals surface area (Å²) in [4.78, 5) is 19.8. The lowest BCUT2D eigenvalue weighted by molar-refractivity contribution is 0.0545. The highest BCUT2D eigenvalue weighted by atomic mass is 16.2. The predicted molar refractivity (Wildman–Crippen MR) is 90.0 cm³/mol. The van der Waals surface area contributed by atoms with Gasteiger partial charge in [-0.2, -0.15) is 0 Å². The lowest BCUT2D eigenvalue weighted by Gasteiger charge is -2.38. The van der Waals surface area contributed by atoms with Crippen LogP contribution in [0.5, 0.6) is 0 Å². The molecule has 116 valence electrons. The van der Waals surface area contributed by atoms with Crippen LogP contribution in [-0.2, 0) is 0 Å². The molecular weight excluding hydrogens is 272 g/mol. The third-order valence-corrected chi connectivity index (χ3v) is 4.65. The molecular formula is C19H24N2O. The maximum Gasteiger partial charge on any atom is 0.254 e. The van der Waals surface area contributed by atoms with E-state index >= 15 is 0 Å². The van der Waals surface area contributed by atoms with Crippen LogP contribution in [0.25, 0.3) is 10.9 Å². The quantitative estimate of drug-likeness (QED) is 0.832. The molecule has 22 heavy (non-hydrogen) atoms. The molecule has 0 radical (unpaired) electrons. The second-order valence-corrected chi connectivity index (χ2v) is 6.63. The average Bonchev–Trinajstić information content (AvgIpc) is 2.53. The standard InChI is InChI=1S/C19H24N2O/c1-13(2)18-10-6-7-11-21(18)19(22)16-12-14(3)20-17-9-5-4-8-15(16)17/h4-5,8-9,12-13,18H,6-7,10-11H2,1-3H3. The zero-order chi connectivity index (χ0) is 15.7. The first kappa shape index (κ1) is 15.0. The Hall–Kier alpha value is -1.90. The topological polar surface area (TPSA) is 33.2 Å². The molecule has 1 fully saturated rings. The molecule has 0 aliphatic carbocycles. The summed E-state index contributed by atoms with van der Waals surface area (Å²) in [5, 5.41) is 0.964. The second kappa shape index (κ2) is 6.07.